The van der Waals surface area contributed by atoms with Gasteiger partial charge in [-0.2, -0.15) is 0 Å². The van der Waals surface area contributed by atoms with Gasteiger partial charge in [-0.05, 0) is 45.5 Å². The summed E-state index contributed by atoms with van der Waals surface area (Å²) in [6.07, 6.45) is 2.30. The van der Waals surface area contributed by atoms with Crippen LogP contribution in [0, 0.1) is 5.82 Å². The van der Waals surface area contributed by atoms with E-state index in [-0.39, 0.29) is 11.1 Å². The van der Waals surface area contributed by atoms with Gasteiger partial charge in [-0.15, -0.1) is 0 Å². The Morgan fingerprint density at radius 2 is 2.16 bits per heavy atom. The lowest BCUT2D eigenvalue weighted by Gasteiger charge is -2.32. The molecule has 0 bridgehead atoms. The van der Waals surface area contributed by atoms with Crippen LogP contribution in [0.4, 0.5) is 4.39 Å². The molecule has 1 heterocycles. The summed E-state index contributed by atoms with van der Waals surface area (Å²) in [6, 6.07) is 3.19. The molecule has 1 aromatic rings. The molecule has 0 spiro atoms. The first-order valence-corrected chi connectivity index (χ1v) is 7.32. The predicted octanol–water partition coefficient (Wildman–Crippen LogP) is 3.88. The van der Waals surface area contributed by atoms with Gasteiger partial charge >= 0.3 is 0 Å². The molecule has 2 atom stereocenters. The molecule has 0 saturated carbocycles. The highest BCUT2D eigenvalue weighted by Gasteiger charge is 2.22. The molecule has 1 aliphatic heterocycles. The fourth-order valence-electron chi connectivity index (χ4n) is 2.68. The first-order chi connectivity index (χ1) is 8.99. The van der Waals surface area contributed by atoms with Gasteiger partial charge in [0.05, 0.1) is 5.02 Å². The summed E-state index contributed by atoms with van der Waals surface area (Å²) in [7, 11) is 2.11. The number of rotatable bonds is 3. The molecule has 2 unspecified atom stereocenters. The van der Waals surface area contributed by atoms with Crippen molar-refractivity contribution in [3.05, 3.63) is 33.6 Å². The molecule has 1 fully saturated rings. The number of likely N-dealkylation sites (N-methyl/N-ethyl adjacent to an activating group) is 1. The number of nitrogens with zero attached hydrogens (tertiary/aromatic N) is 1. The fourth-order valence-corrected chi connectivity index (χ4v) is 3.38. The number of piperidine rings is 1. The van der Waals surface area contributed by atoms with Crippen LogP contribution in [0.5, 0.6) is 0 Å². The summed E-state index contributed by atoms with van der Waals surface area (Å²) in [5, 5.41) is 4.13. The van der Waals surface area contributed by atoms with Gasteiger partial charge < -0.3 is 10.2 Å². The smallest absolute Gasteiger partial charge is 0.142 e. The van der Waals surface area contributed by atoms with Crippen LogP contribution in [0.3, 0.4) is 0 Å². The Morgan fingerprint density at radius 1 is 1.42 bits per heavy atom. The minimum absolute atomic E-state index is 0.0628. The van der Waals surface area contributed by atoms with E-state index in [0.717, 1.165) is 19.5 Å². The summed E-state index contributed by atoms with van der Waals surface area (Å²) in [6.45, 7) is 4.10. The highest BCUT2D eigenvalue weighted by molar-refractivity contribution is 6.36. The van der Waals surface area contributed by atoms with Gasteiger partial charge in [-0.1, -0.05) is 23.2 Å². The van der Waals surface area contributed by atoms with Crippen LogP contribution >= 0.6 is 23.2 Å². The summed E-state index contributed by atoms with van der Waals surface area (Å²) in [5.74, 6) is -0.421. The van der Waals surface area contributed by atoms with Crippen LogP contribution in [0.15, 0.2) is 12.1 Å². The largest absolute Gasteiger partial charge is 0.306 e. The van der Waals surface area contributed by atoms with Crippen LogP contribution < -0.4 is 5.32 Å². The van der Waals surface area contributed by atoms with Crippen molar-refractivity contribution in [3.8, 4) is 0 Å². The van der Waals surface area contributed by atoms with Crippen molar-refractivity contribution in [1.82, 2.24) is 10.2 Å². The molecule has 1 saturated heterocycles. The molecule has 2 nitrogen and oxygen atoms in total. The van der Waals surface area contributed by atoms with E-state index in [1.54, 1.807) is 6.07 Å². The van der Waals surface area contributed by atoms with Crippen molar-refractivity contribution in [1.29, 1.82) is 0 Å². The van der Waals surface area contributed by atoms with E-state index in [4.69, 9.17) is 23.2 Å². The van der Waals surface area contributed by atoms with Gasteiger partial charge in [0.15, 0.2) is 0 Å². The van der Waals surface area contributed by atoms with E-state index in [9.17, 15) is 4.39 Å². The Balaban J connectivity index is 2.11. The minimum atomic E-state index is -0.421. The van der Waals surface area contributed by atoms with E-state index in [0.29, 0.717) is 16.6 Å². The summed E-state index contributed by atoms with van der Waals surface area (Å²) >= 11 is 12.2. The van der Waals surface area contributed by atoms with Gasteiger partial charge in [0.1, 0.15) is 5.82 Å². The van der Waals surface area contributed by atoms with Crippen molar-refractivity contribution in [2.75, 3.05) is 20.1 Å². The van der Waals surface area contributed by atoms with Gasteiger partial charge in [0.2, 0.25) is 0 Å². The Bertz CT molecular complexity index is 453. The second kappa shape index (κ2) is 6.40. The zero-order chi connectivity index (χ0) is 14.0. The molecule has 0 aromatic heterocycles. The second-order valence-corrected chi connectivity index (χ2v) is 6.03. The SMILES string of the molecule is CC(NC1CCCN(C)C1)c1c(Cl)ccc(F)c1Cl. The lowest BCUT2D eigenvalue weighted by Crippen LogP contribution is -2.44. The van der Waals surface area contributed by atoms with Crippen LogP contribution in [0.1, 0.15) is 31.4 Å². The summed E-state index contributed by atoms with van der Waals surface area (Å²) in [4.78, 5) is 2.29. The Hall–Kier alpha value is -0.350. The zero-order valence-corrected chi connectivity index (χ0v) is 12.7. The molecule has 2 rings (SSSR count). The van der Waals surface area contributed by atoms with Crippen LogP contribution in [-0.4, -0.2) is 31.1 Å². The normalized spacial score (nSPS) is 22.5. The molecule has 1 N–H and O–H groups in total. The number of hydrogen-bond acceptors (Lipinski definition) is 2. The zero-order valence-electron chi connectivity index (χ0n) is 11.2. The molecule has 0 amide bonds. The number of nitrogens with one attached hydrogen (secondary N) is 1. The third-order valence-electron chi connectivity index (χ3n) is 3.62. The molecule has 1 aromatic carbocycles. The maximum Gasteiger partial charge on any atom is 0.142 e. The molecule has 106 valence electrons. The van der Waals surface area contributed by atoms with E-state index in [2.05, 4.69) is 17.3 Å². The molecule has 1 aliphatic rings. The van der Waals surface area contributed by atoms with E-state index in [1.807, 2.05) is 6.92 Å². The maximum absolute atomic E-state index is 13.5. The van der Waals surface area contributed by atoms with Crippen LogP contribution in [0.2, 0.25) is 10.0 Å². The van der Waals surface area contributed by atoms with Crippen molar-refractivity contribution < 1.29 is 4.39 Å². The highest BCUT2D eigenvalue weighted by Crippen LogP contribution is 2.32. The van der Waals surface area contributed by atoms with E-state index in [1.165, 1.54) is 12.5 Å². The minimum Gasteiger partial charge on any atom is -0.306 e. The monoisotopic (exact) mass is 304 g/mol. The quantitative estimate of drug-likeness (QED) is 0.853. The maximum atomic E-state index is 13.5. The molecule has 0 aliphatic carbocycles. The predicted molar refractivity (Wildman–Crippen MR) is 78.5 cm³/mol. The Morgan fingerprint density at radius 3 is 2.84 bits per heavy atom. The van der Waals surface area contributed by atoms with E-state index >= 15 is 0 Å². The third-order valence-corrected chi connectivity index (χ3v) is 4.34. The van der Waals surface area contributed by atoms with Gasteiger partial charge in [-0.3, -0.25) is 0 Å². The lowest BCUT2D eigenvalue weighted by molar-refractivity contribution is 0.218. The number of likely N-dealkylation sites (tertiary alicyclic amines) is 1. The van der Waals surface area contributed by atoms with Crippen LogP contribution in [-0.2, 0) is 0 Å². The molecular weight excluding hydrogens is 286 g/mol. The molecule has 19 heavy (non-hydrogen) atoms. The summed E-state index contributed by atoms with van der Waals surface area (Å²) in [5.41, 5.74) is 0.650. The van der Waals surface area contributed by atoms with Crippen molar-refractivity contribution in [2.24, 2.45) is 0 Å². The van der Waals surface area contributed by atoms with Gasteiger partial charge in [0, 0.05) is 29.2 Å². The lowest BCUT2D eigenvalue weighted by atomic mass is 10.0. The topological polar surface area (TPSA) is 15.3 Å². The first-order valence-electron chi connectivity index (χ1n) is 6.57. The van der Waals surface area contributed by atoms with Crippen molar-refractivity contribution in [2.45, 2.75) is 31.8 Å². The molecular formula is C14H19Cl2FN2. The molecule has 5 heteroatoms. The average Bonchev–Trinajstić information content (AvgIpc) is 2.34. The molecule has 0 radical (unpaired) electrons. The van der Waals surface area contributed by atoms with Gasteiger partial charge in [-0.25, -0.2) is 4.39 Å². The first kappa shape index (κ1) is 15.0. The number of hydrogen-bond donors (Lipinski definition) is 1. The standard InChI is InChI=1S/C14H19Cl2FN2/c1-9(18-10-4-3-7-19(2)8-10)13-11(15)5-6-12(17)14(13)16/h5-6,9-10,18H,3-4,7-8H2,1-2H3. The highest BCUT2D eigenvalue weighted by atomic mass is 35.5. The van der Waals surface area contributed by atoms with E-state index < -0.39 is 5.82 Å². The van der Waals surface area contributed by atoms with Gasteiger partial charge in [0.25, 0.3) is 0 Å². The number of benzene rings is 1. The number of halogens is 3. The van der Waals surface area contributed by atoms with Crippen molar-refractivity contribution >= 4 is 23.2 Å². The average molecular weight is 305 g/mol. The second-order valence-electron chi connectivity index (χ2n) is 5.25. The Kier molecular flexibility index (Phi) is 5.07. The summed E-state index contributed by atoms with van der Waals surface area (Å²) < 4.78 is 13.5. The fraction of sp³-hybridized carbons (Fsp3) is 0.571. The van der Waals surface area contributed by atoms with Crippen molar-refractivity contribution in [3.63, 3.8) is 0 Å². The third kappa shape index (κ3) is 3.60. The van der Waals surface area contributed by atoms with Crippen LogP contribution in [0.25, 0.3) is 0 Å². The Labute approximate surface area is 123 Å².